The SMILES string of the molecule is CCn1cc(C)c2cc(CC(C)=O)ccc21. The lowest BCUT2D eigenvalue weighted by Crippen LogP contribution is -1.96. The van der Waals surface area contributed by atoms with Crippen molar-refractivity contribution in [1.82, 2.24) is 4.57 Å². The quantitative estimate of drug-likeness (QED) is 0.771. The Bertz CT molecular complexity index is 537. The third kappa shape index (κ3) is 1.87. The van der Waals surface area contributed by atoms with Crippen molar-refractivity contribution >= 4 is 16.7 Å². The van der Waals surface area contributed by atoms with E-state index in [1.54, 1.807) is 6.92 Å². The molecule has 0 aliphatic carbocycles. The summed E-state index contributed by atoms with van der Waals surface area (Å²) in [6, 6.07) is 6.30. The average molecular weight is 215 g/mol. The molecule has 0 spiro atoms. The van der Waals surface area contributed by atoms with Gasteiger partial charge in [-0.2, -0.15) is 0 Å². The first-order chi connectivity index (χ1) is 7.61. The summed E-state index contributed by atoms with van der Waals surface area (Å²) in [5.41, 5.74) is 3.64. The van der Waals surface area contributed by atoms with E-state index in [0.717, 1.165) is 12.1 Å². The Hall–Kier alpha value is -1.57. The number of carbonyl (C=O) groups is 1. The molecule has 0 saturated heterocycles. The summed E-state index contributed by atoms with van der Waals surface area (Å²) in [7, 11) is 0. The van der Waals surface area contributed by atoms with Gasteiger partial charge in [0.1, 0.15) is 5.78 Å². The van der Waals surface area contributed by atoms with E-state index in [1.807, 2.05) is 0 Å². The highest BCUT2D eigenvalue weighted by Gasteiger charge is 2.06. The molecule has 16 heavy (non-hydrogen) atoms. The highest BCUT2D eigenvalue weighted by molar-refractivity contribution is 5.86. The summed E-state index contributed by atoms with van der Waals surface area (Å²) in [4.78, 5) is 11.1. The predicted octanol–water partition coefficient (Wildman–Crippen LogP) is 3.10. The zero-order valence-corrected chi connectivity index (χ0v) is 10.1. The second-order valence-electron chi connectivity index (χ2n) is 4.33. The van der Waals surface area contributed by atoms with Crippen LogP contribution in [0.1, 0.15) is 25.0 Å². The molecule has 0 aliphatic rings. The zero-order valence-electron chi connectivity index (χ0n) is 10.1. The van der Waals surface area contributed by atoms with Gasteiger partial charge < -0.3 is 4.57 Å². The number of nitrogens with zero attached hydrogens (tertiary/aromatic N) is 1. The molecule has 0 saturated carbocycles. The summed E-state index contributed by atoms with van der Waals surface area (Å²) in [6.07, 6.45) is 2.70. The smallest absolute Gasteiger partial charge is 0.134 e. The number of carbonyl (C=O) groups excluding carboxylic acids is 1. The number of aryl methyl sites for hydroxylation is 2. The van der Waals surface area contributed by atoms with Crippen LogP contribution >= 0.6 is 0 Å². The second-order valence-corrected chi connectivity index (χ2v) is 4.33. The van der Waals surface area contributed by atoms with Crippen LogP contribution in [0.5, 0.6) is 0 Å². The highest BCUT2D eigenvalue weighted by atomic mass is 16.1. The summed E-state index contributed by atoms with van der Waals surface area (Å²) in [6.45, 7) is 6.87. The Morgan fingerprint density at radius 3 is 2.75 bits per heavy atom. The molecule has 0 bridgehead atoms. The van der Waals surface area contributed by atoms with Crippen LogP contribution in [0.3, 0.4) is 0 Å². The van der Waals surface area contributed by atoms with Gasteiger partial charge in [0.05, 0.1) is 0 Å². The van der Waals surface area contributed by atoms with Crippen LogP contribution in [0.15, 0.2) is 24.4 Å². The van der Waals surface area contributed by atoms with Crippen LogP contribution in [0, 0.1) is 6.92 Å². The van der Waals surface area contributed by atoms with Gasteiger partial charge in [0.15, 0.2) is 0 Å². The lowest BCUT2D eigenvalue weighted by molar-refractivity contribution is -0.116. The molecular weight excluding hydrogens is 198 g/mol. The monoisotopic (exact) mass is 215 g/mol. The van der Waals surface area contributed by atoms with Crippen LogP contribution in [0.2, 0.25) is 0 Å². The van der Waals surface area contributed by atoms with Crippen molar-refractivity contribution in [3.05, 3.63) is 35.5 Å². The van der Waals surface area contributed by atoms with Crippen molar-refractivity contribution in [2.75, 3.05) is 0 Å². The van der Waals surface area contributed by atoms with E-state index >= 15 is 0 Å². The Labute approximate surface area is 95.9 Å². The van der Waals surface area contributed by atoms with Crippen molar-refractivity contribution in [2.45, 2.75) is 33.7 Å². The van der Waals surface area contributed by atoms with E-state index in [9.17, 15) is 4.79 Å². The Balaban J connectivity index is 2.53. The lowest BCUT2D eigenvalue weighted by Gasteiger charge is -2.02. The number of Topliss-reactive ketones (excluding diaryl/α,β-unsaturated/α-hetero) is 1. The van der Waals surface area contributed by atoms with Gasteiger partial charge in [-0.15, -0.1) is 0 Å². The number of hydrogen-bond donors (Lipinski definition) is 0. The van der Waals surface area contributed by atoms with Crippen molar-refractivity contribution in [1.29, 1.82) is 0 Å². The normalized spacial score (nSPS) is 10.9. The van der Waals surface area contributed by atoms with Crippen molar-refractivity contribution in [3.8, 4) is 0 Å². The standard InChI is InChI=1S/C14H17NO/c1-4-15-9-10(2)13-8-12(7-11(3)16)5-6-14(13)15/h5-6,8-9H,4,7H2,1-3H3. The van der Waals surface area contributed by atoms with Gasteiger partial charge in [-0.3, -0.25) is 4.79 Å². The molecule has 0 N–H and O–H groups in total. The van der Waals surface area contributed by atoms with Crippen molar-refractivity contribution in [3.63, 3.8) is 0 Å². The molecule has 0 unspecified atom stereocenters. The third-order valence-electron chi connectivity index (χ3n) is 2.94. The topological polar surface area (TPSA) is 22.0 Å². The minimum atomic E-state index is 0.215. The molecule has 2 heteroatoms. The van der Waals surface area contributed by atoms with Crippen LogP contribution in [0.25, 0.3) is 10.9 Å². The third-order valence-corrected chi connectivity index (χ3v) is 2.94. The largest absolute Gasteiger partial charge is 0.347 e. The average Bonchev–Trinajstić information content (AvgIpc) is 2.55. The van der Waals surface area contributed by atoms with Gasteiger partial charge in [0.25, 0.3) is 0 Å². The molecule has 0 aliphatic heterocycles. The Kier molecular flexibility index (Phi) is 2.82. The number of fused-ring (bicyclic) bond motifs is 1. The fourth-order valence-corrected chi connectivity index (χ4v) is 2.18. The Morgan fingerprint density at radius 1 is 1.38 bits per heavy atom. The van der Waals surface area contributed by atoms with E-state index in [4.69, 9.17) is 0 Å². The second kappa shape index (κ2) is 4.12. The number of benzene rings is 1. The minimum Gasteiger partial charge on any atom is -0.347 e. The molecule has 0 radical (unpaired) electrons. The van der Waals surface area contributed by atoms with Gasteiger partial charge in [0.2, 0.25) is 0 Å². The van der Waals surface area contributed by atoms with E-state index in [1.165, 1.54) is 16.5 Å². The number of ketones is 1. The van der Waals surface area contributed by atoms with Gasteiger partial charge in [-0.1, -0.05) is 6.07 Å². The number of hydrogen-bond acceptors (Lipinski definition) is 1. The molecular formula is C14H17NO. The molecule has 2 aromatic rings. The minimum absolute atomic E-state index is 0.215. The van der Waals surface area contributed by atoms with Crippen LogP contribution in [-0.4, -0.2) is 10.4 Å². The van der Waals surface area contributed by atoms with Crippen molar-refractivity contribution in [2.24, 2.45) is 0 Å². The van der Waals surface area contributed by atoms with Crippen molar-refractivity contribution < 1.29 is 4.79 Å². The van der Waals surface area contributed by atoms with Crippen LogP contribution < -0.4 is 0 Å². The molecule has 1 aromatic carbocycles. The molecule has 0 fully saturated rings. The fraction of sp³-hybridized carbons (Fsp3) is 0.357. The molecule has 0 atom stereocenters. The van der Waals surface area contributed by atoms with E-state index in [0.29, 0.717) is 6.42 Å². The number of rotatable bonds is 3. The first-order valence-corrected chi connectivity index (χ1v) is 5.69. The summed E-state index contributed by atoms with van der Waals surface area (Å²) in [5, 5.41) is 1.26. The van der Waals surface area contributed by atoms with E-state index in [-0.39, 0.29) is 5.78 Å². The maximum Gasteiger partial charge on any atom is 0.134 e. The molecule has 84 valence electrons. The summed E-state index contributed by atoms with van der Waals surface area (Å²) in [5.74, 6) is 0.215. The van der Waals surface area contributed by atoms with Gasteiger partial charge >= 0.3 is 0 Å². The predicted molar refractivity (Wildman–Crippen MR) is 66.7 cm³/mol. The van der Waals surface area contributed by atoms with Gasteiger partial charge in [0, 0.05) is 30.1 Å². The summed E-state index contributed by atoms with van der Waals surface area (Å²) >= 11 is 0. The molecule has 1 aromatic heterocycles. The lowest BCUT2D eigenvalue weighted by atomic mass is 10.1. The zero-order chi connectivity index (χ0) is 11.7. The molecule has 1 heterocycles. The maximum atomic E-state index is 11.1. The van der Waals surface area contributed by atoms with Gasteiger partial charge in [-0.05, 0) is 44.0 Å². The fourth-order valence-electron chi connectivity index (χ4n) is 2.18. The highest BCUT2D eigenvalue weighted by Crippen LogP contribution is 2.22. The Morgan fingerprint density at radius 2 is 2.12 bits per heavy atom. The first kappa shape index (κ1) is 10.9. The van der Waals surface area contributed by atoms with E-state index < -0.39 is 0 Å². The summed E-state index contributed by atoms with van der Waals surface area (Å²) < 4.78 is 2.24. The van der Waals surface area contributed by atoms with E-state index in [2.05, 4.69) is 42.8 Å². The molecule has 2 nitrogen and oxygen atoms in total. The molecule has 0 amide bonds. The maximum absolute atomic E-state index is 11.1. The van der Waals surface area contributed by atoms with Crippen LogP contribution in [0.4, 0.5) is 0 Å². The van der Waals surface area contributed by atoms with Gasteiger partial charge in [-0.25, -0.2) is 0 Å². The number of aromatic nitrogens is 1. The molecule has 2 rings (SSSR count). The first-order valence-electron chi connectivity index (χ1n) is 5.69. The van der Waals surface area contributed by atoms with Crippen LogP contribution in [-0.2, 0) is 17.8 Å².